The van der Waals surface area contributed by atoms with Gasteiger partial charge in [-0.05, 0) is 50.0 Å². The molecule has 1 aliphatic rings. The van der Waals surface area contributed by atoms with Gasteiger partial charge in [0.25, 0.3) is 0 Å². The van der Waals surface area contributed by atoms with Gasteiger partial charge < -0.3 is 5.32 Å². The van der Waals surface area contributed by atoms with Gasteiger partial charge in [0.15, 0.2) is 0 Å². The summed E-state index contributed by atoms with van der Waals surface area (Å²) in [4.78, 5) is 0. The van der Waals surface area contributed by atoms with Gasteiger partial charge in [-0.3, -0.25) is 0 Å². The molecule has 1 fully saturated rings. The summed E-state index contributed by atoms with van der Waals surface area (Å²) in [6.45, 7) is 9.44. The zero-order valence-electron chi connectivity index (χ0n) is 13.3. The van der Waals surface area contributed by atoms with Crippen LogP contribution in [-0.2, 0) is 0 Å². The Labute approximate surface area is 121 Å². The summed E-state index contributed by atoms with van der Waals surface area (Å²) in [5.74, 6) is -0.908. The Kier molecular flexibility index (Phi) is 6.36. The van der Waals surface area contributed by atoms with Crippen molar-refractivity contribution < 1.29 is 13.2 Å². The highest BCUT2D eigenvalue weighted by Gasteiger charge is 2.43. The Bertz CT molecular complexity index is 278. The van der Waals surface area contributed by atoms with Crippen LogP contribution in [0.1, 0.15) is 66.2 Å². The van der Waals surface area contributed by atoms with E-state index in [0.29, 0.717) is 19.3 Å². The molecule has 1 rings (SSSR count). The third-order valence-electron chi connectivity index (χ3n) is 4.42. The van der Waals surface area contributed by atoms with Crippen LogP contribution < -0.4 is 5.32 Å². The van der Waals surface area contributed by atoms with E-state index in [1.54, 1.807) is 0 Å². The van der Waals surface area contributed by atoms with Crippen LogP contribution in [0.25, 0.3) is 0 Å². The molecule has 0 aromatic rings. The highest BCUT2D eigenvalue weighted by Crippen LogP contribution is 2.41. The lowest BCUT2D eigenvalue weighted by molar-refractivity contribution is -0.186. The Morgan fingerprint density at radius 2 is 1.80 bits per heavy atom. The molecule has 20 heavy (non-hydrogen) atoms. The average Bonchev–Trinajstić information content (AvgIpc) is 2.32. The molecule has 0 spiro atoms. The quantitative estimate of drug-likeness (QED) is 0.738. The topological polar surface area (TPSA) is 12.0 Å². The Balaban J connectivity index is 2.61. The van der Waals surface area contributed by atoms with E-state index < -0.39 is 12.1 Å². The van der Waals surface area contributed by atoms with Crippen LogP contribution in [0.3, 0.4) is 0 Å². The molecule has 0 aromatic heterocycles. The van der Waals surface area contributed by atoms with E-state index in [9.17, 15) is 13.2 Å². The van der Waals surface area contributed by atoms with Crippen molar-refractivity contribution in [3.63, 3.8) is 0 Å². The summed E-state index contributed by atoms with van der Waals surface area (Å²) >= 11 is 0. The lowest BCUT2D eigenvalue weighted by Crippen LogP contribution is -2.41. The predicted molar refractivity (Wildman–Crippen MR) is 77.7 cm³/mol. The summed E-state index contributed by atoms with van der Waals surface area (Å²) in [7, 11) is 0. The first kappa shape index (κ1) is 17.8. The minimum Gasteiger partial charge on any atom is -0.314 e. The maximum Gasteiger partial charge on any atom is 0.391 e. The van der Waals surface area contributed by atoms with Crippen molar-refractivity contribution in [1.29, 1.82) is 0 Å². The zero-order valence-corrected chi connectivity index (χ0v) is 13.3. The molecule has 1 N–H and O–H groups in total. The van der Waals surface area contributed by atoms with Gasteiger partial charge in [0, 0.05) is 6.04 Å². The molecule has 1 nitrogen and oxygen atoms in total. The summed E-state index contributed by atoms with van der Waals surface area (Å²) in [6, 6.07) is 0.240. The predicted octanol–water partition coefficient (Wildman–Crippen LogP) is 5.16. The molecular weight excluding hydrogens is 263 g/mol. The molecule has 0 heterocycles. The van der Waals surface area contributed by atoms with E-state index in [2.05, 4.69) is 26.1 Å². The van der Waals surface area contributed by atoms with Crippen molar-refractivity contribution in [2.45, 2.75) is 78.4 Å². The molecule has 0 aromatic carbocycles. The molecule has 3 unspecified atom stereocenters. The smallest absolute Gasteiger partial charge is 0.314 e. The first-order valence-corrected chi connectivity index (χ1v) is 7.93. The van der Waals surface area contributed by atoms with Crippen LogP contribution in [-0.4, -0.2) is 18.8 Å². The molecule has 1 saturated carbocycles. The molecule has 0 saturated heterocycles. The fourth-order valence-corrected chi connectivity index (χ4v) is 3.25. The highest BCUT2D eigenvalue weighted by molar-refractivity contribution is 4.85. The van der Waals surface area contributed by atoms with Gasteiger partial charge in [-0.2, -0.15) is 13.2 Å². The summed E-state index contributed by atoms with van der Waals surface area (Å²) in [5.41, 5.74) is 0.242. The van der Waals surface area contributed by atoms with Gasteiger partial charge in [-0.25, -0.2) is 0 Å². The normalized spacial score (nSPS) is 26.6. The van der Waals surface area contributed by atoms with Crippen LogP contribution in [0.4, 0.5) is 13.2 Å². The molecule has 4 heteroatoms. The summed E-state index contributed by atoms with van der Waals surface area (Å²) < 4.78 is 38.8. The summed E-state index contributed by atoms with van der Waals surface area (Å²) in [5, 5.41) is 3.43. The standard InChI is InChI=1S/C16H30F3N/c1-5-20-14(9-10-15(2,3)4)12-7-6-8-13(11-12)16(17,18)19/h12-14,20H,5-11H2,1-4H3. The highest BCUT2D eigenvalue weighted by atomic mass is 19.4. The molecule has 0 aliphatic heterocycles. The second-order valence-electron chi connectivity index (χ2n) is 7.43. The maximum absolute atomic E-state index is 12.9. The average molecular weight is 293 g/mol. The Morgan fingerprint density at radius 3 is 2.30 bits per heavy atom. The Morgan fingerprint density at radius 1 is 1.15 bits per heavy atom. The largest absolute Gasteiger partial charge is 0.391 e. The van der Waals surface area contributed by atoms with E-state index in [4.69, 9.17) is 0 Å². The fraction of sp³-hybridized carbons (Fsp3) is 1.00. The van der Waals surface area contributed by atoms with Gasteiger partial charge in [0.2, 0.25) is 0 Å². The maximum atomic E-state index is 12.9. The van der Waals surface area contributed by atoms with Gasteiger partial charge in [0.1, 0.15) is 0 Å². The lowest BCUT2D eigenvalue weighted by atomic mass is 9.75. The third-order valence-corrected chi connectivity index (χ3v) is 4.42. The number of halogens is 3. The van der Waals surface area contributed by atoms with Crippen molar-refractivity contribution in [3.05, 3.63) is 0 Å². The van der Waals surface area contributed by atoms with Crippen molar-refractivity contribution in [3.8, 4) is 0 Å². The van der Waals surface area contributed by atoms with Crippen LogP contribution in [0, 0.1) is 17.3 Å². The molecule has 0 amide bonds. The summed E-state index contributed by atoms with van der Waals surface area (Å²) in [6.07, 6.45) is 0.300. The van der Waals surface area contributed by atoms with Gasteiger partial charge in [-0.15, -0.1) is 0 Å². The molecule has 120 valence electrons. The minimum atomic E-state index is -4.01. The fourth-order valence-electron chi connectivity index (χ4n) is 3.25. The zero-order chi connectivity index (χ0) is 15.4. The van der Waals surface area contributed by atoms with E-state index in [-0.39, 0.29) is 17.4 Å². The SMILES string of the molecule is CCNC(CCC(C)(C)C)C1CCCC(C(F)(F)F)C1. The van der Waals surface area contributed by atoms with Crippen LogP contribution >= 0.6 is 0 Å². The third kappa shape index (κ3) is 6.02. The van der Waals surface area contributed by atoms with Crippen molar-refractivity contribution >= 4 is 0 Å². The van der Waals surface area contributed by atoms with Gasteiger partial charge in [0.05, 0.1) is 5.92 Å². The van der Waals surface area contributed by atoms with Crippen molar-refractivity contribution in [2.75, 3.05) is 6.54 Å². The van der Waals surface area contributed by atoms with Gasteiger partial charge >= 0.3 is 6.18 Å². The van der Waals surface area contributed by atoms with E-state index in [1.807, 2.05) is 6.92 Å². The van der Waals surface area contributed by atoms with Crippen molar-refractivity contribution in [1.82, 2.24) is 5.32 Å². The molecule has 0 radical (unpaired) electrons. The van der Waals surface area contributed by atoms with Crippen LogP contribution in [0.15, 0.2) is 0 Å². The molecule has 3 atom stereocenters. The van der Waals surface area contributed by atoms with E-state index in [0.717, 1.165) is 25.8 Å². The van der Waals surface area contributed by atoms with Gasteiger partial charge in [-0.1, -0.05) is 34.1 Å². The number of nitrogens with one attached hydrogen (secondary N) is 1. The number of rotatable bonds is 5. The second kappa shape index (κ2) is 7.15. The number of hydrogen-bond donors (Lipinski definition) is 1. The monoisotopic (exact) mass is 293 g/mol. The van der Waals surface area contributed by atoms with Crippen LogP contribution in [0.2, 0.25) is 0 Å². The lowest BCUT2D eigenvalue weighted by Gasteiger charge is -2.36. The first-order valence-electron chi connectivity index (χ1n) is 7.93. The Hall–Kier alpha value is -0.250. The number of hydrogen-bond acceptors (Lipinski definition) is 1. The minimum absolute atomic E-state index is 0.178. The molecule has 1 aliphatic carbocycles. The number of alkyl halides is 3. The van der Waals surface area contributed by atoms with E-state index in [1.165, 1.54) is 0 Å². The van der Waals surface area contributed by atoms with E-state index >= 15 is 0 Å². The second-order valence-corrected chi connectivity index (χ2v) is 7.43. The molecule has 0 bridgehead atoms. The van der Waals surface area contributed by atoms with Crippen LogP contribution in [0.5, 0.6) is 0 Å². The van der Waals surface area contributed by atoms with Crippen molar-refractivity contribution in [2.24, 2.45) is 17.3 Å². The molecular formula is C16H30F3N. The first-order chi connectivity index (χ1) is 9.13.